The lowest BCUT2D eigenvalue weighted by molar-refractivity contribution is 0.356. The predicted octanol–water partition coefficient (Wildman–Crippen LogP) is 2.35. The lowest BCUT2D eigenvalue weighted by Crippen LogP contribution is -2.32. The molecular formula is C12H18BrClN2O3S. The van der Waals surface area contributed by atoms with E-state index >= 15 is 0 Å². The van der Waals surface area contributed by atoms with Gasteiger partial charge in [-0.1, -0.05) is 0 Å². The summed E-state index contributed by atoms with van der Waals surface area (Å²) in [6.45, 7) is 2.46. The molecule has 5 nitrogen and oxygen atoms in total. The zero-order valence-corrected chi connectivity index (χ0v) is 14.6. The lowest BCUT2D eigenvalue weighted by Gasteiger charge is -2.20. The minimum atomic E-state index is -3.55. The van der Waals surface area contributed by atoms with Crippen molar-refractivity contribution in [2.75, 3.05) is 33.7 Å². The maximum absolute atomic E-state index is 12.5. The van der Waals surface area contributed by atoms with E-state index in [0.29, 0.717) is 18.2 Å². The molecule has 0 N–H and O–H groups in total. The molecular weight excluding hydrogens is 368 g/mol. The Balaban J connectivity index is 2.14. The highest BCUT2D eigenvalue weighted by molar-refractivity contribution is 9.10. The van der Waals surface area contributed by atoms with Crippen LogP contribution >= 0.6 is 27.5 Å². The zero-order valence-electron chi connectivity index (χ0n) is 11.5. The summed E-state index contributed by atoms with van der Waals surface area (Å²) in [6, 6.07) is 1.48. The third kappa shape index (κ3) is 3.39. The van der Waals surface area contributed by atoms with E-state index in [1.165, 1.54) is 10.4 Å². The van der Waals surface area contributed by atoms with Gasteiger partial charge in [-0.15, -0.1) is 11.6 Å². The molecule has 1 fully saturated rings. The molecule has 0 radical (unpaired) electrons. The Morgan fingerprint density at radius 1 is 1.60 bits per heavy atom. The topological polar surface area (TPSA) is 53.8 Å². The SMILES string of the molecule is CN1CCC(CN(C)S(=O)(=O)c2cc(CCl)oc2Br)C1. The Labute approximate surface area is 133 Å². The Kier molecular flexibility index (Phi) is 5.18. The molecule has 0 bridgehead atoms. The largest absolute Gasteiger partial charge is 0.452 e. The van der Waals surface area contributed by atoms with E-state index in [-0.39, 0.29) is 15.4 Å². The van der Waals surface area contributed by atoms with Crippen molar-refractivity contribution >= 4 is 37.6 Å². The van der Waals surface area contributed by atoms with Crippen molar-refractivity contribution in [3.63, 3.8) is 0 Å². The highest BCUT2D eigenvalue weighted by atomic mass is 79.9. The molecule has 114 valence electrons. The van der Waals surface area contributed by atoms with Crippen molar-refractivity contribution in [3.05, 3.63) is 16.5 Å². The van der Waals surface area contributed by atoms with Crippen molar-refractivity contribution in [1.82, 2.24) is 9.21 Å². The van der Waals surface area contributed by atoms with Gasteiger partial charge in [-0.2, -0.15) is 0 Å². The first kappa shape index (κ1) is 16.3. The second kappa shape index (κ2) is 6.36. The van der Waals surface area contributed by atoms with Gasteiger partial charge in [0.2, 0.25) is 10.0 Å². The molecule has 2 heterocycles. The number of nitrogens with zero attached hydrogens (tertiary/aromatic N) is 2. The summed E-state index contributed by atoms with van der Waals surface area (Å²) in [5.74, 6) is 0.953. The molecule has 0 amide bonds. The van der Waals surface area contributed by atoms with Crippen LogP contribution in [0.4, 0.5) is 0 Å². The number of halogens is 2. The van der Waals surface area contributed by atoms with Gasteiger partial charge < -0.3 is 9.32 Å². The highest BCUT2D eigenvalue weighted by Crippen LogP contribution is 2.29. The molecule has 1 unspecified atom stereocenters. The Morgan fingerprint density at radius 2 is 2.30 bits per heavy atom. The van der Waals surface area contributed by atoms with Crippen LogP contribution in [0.1, 0.15) is 12.2 Å². The minimum Gasteiger partial charge on any atom is -0.452 e. The van der Waals surface area contributed by atoms with E-state index in [9.17, 15) is 8.42 Å². The fraction of sp³-hybridized carbons (Fsp3) is 0.667. The van der Waals surface area contributed by atoms with Gasteiger partial charge in [-0.05, 0) is 41.9 Å². The van der Waals surface area contributed by atoms with Crippen molar-refractivity contribution < 1.29 is 12.8 Å². The summed E-state index contributed by atoms with van der Waals surface area (Å²) in [5, 5.41) is 0. The van der Waals surface area contributed by atoms with Gasteiger partial charge in [-0.25, -0.2) is 12.7 Å². The van der Waals surface area contributed by atoms with Gasteiger partial charge in [0.1, 0.15) is 10.7 Å². The van der Waals surface area contributed by atoms with E-state index in [2.05, 4.69) is 20.8 Å². The molecule has 1 saturated heterocycles. The number of rotatable bonds is 5. The third-order valence-corrected chi connectivity index (χ3v) is 6.47. The molecule has 20 heavy (non-hydrogen) atoms. The maximum Gasteiger partial charge on any atom is 0.247 e. The summed E-state index contributed by atoms with van der Waals surface area (Å²) < 4.78 is 31.9. The van der Waals surface area contributed by atoms with E-state index < -0.39 is 10.0 Å². The molecule has 0 aromatic carbocycles. The molecule has 1 aliphatic rings. The summed E-state index contributed by atoms with van der Waals surface area (Å²) in [6.07, 6.45) is 1.02. The second-order valence-electron chi connectivity index (χ2n) is 5.19. The number of furan rings is 1. The monoisotopic (exact) mass is 384 g/mol. The van der Waals surface area contributed by atoms with Crippen molar-refractivity contribution in [2.24, 2.45) is 5.92 Å². The van der Waals surface area contributed by atoms with Crippen LogP contribution in [0.3, 0.4) is 0 Å². The number of hydrogen-bond donors (Lipinski definition) is 0. The number of likely N-dealkylation sites (tertiary alicyclic amines) is 1. The maximum atomic E-state index is 12.5. The Hall–Kier alpha value is -0.0800. The first-order chi connectivity index (χ1) is 9.34. The number of hydrogen-bond acceptors (Lipinski definition) is 4. The molecule has 1 aromatic rings. The third-order valence-electron chi connectivity index (χ3n) is 3.53. The van der Waals surface area contributed by atoms with Crippen LogP contribution in [-0.4, -0.2) is 51.4 Å². The van der Waals surface area contributed by atoms with Gasteiger partial charge in [0, 0.05) is 26.2 Å². The number of alkyl halides is 1. The Bertz CT molecular complexity index is 575. The average Bonchev–Trinajstić information content (AvgIpc) is 2.95. The van der Waals surface area contributed by atoms with Gasteiger partial charge in [-0.3, -0.25) is 0 Å². The normalized spacial score (nSPS) is 20.9. The molecule has 1 aliphatic heterocycles. The molecule has 1 aromatic heterocycles. The van der Waals surface area contributed by atoms with Crippen molar-refractivity contribution in [3.8, 4) is 0 Å². The molecule has 0 spiro atoms. The molecule has 1 atom stereocenters. The average molecular weight is 386 g/mol. The van der Waals surface area contributed by atoms with Crippen LogP contribution in [0, 0.1) is 5.92 Å². The van der Waals surface area contributed by atoms with Crippen molar-refractivity contribution in [1.29, 1.82) is 0 Å². The van der Waals surface area contributed by atoms with E-state index in [4.69, 9.17) is 16.0 Å². The van der Waals surface area contributed by atoms with Gasteiger partial charge >= 0.3 is 0 Å². The summed E-state index contributed by atoms with van der Waals surface area (Å²) >= 11 is 8.81. The quantitative estimate of drug-likeness (QED) is 0.730. The van der Waals surface area contributed by atoms with Crippen LogP contribution in [0.15, 0.2) is 20.0 Å². The first-order valence-corrected chi connectivity index (χ1v) is 9.10. The van der Waals surface area contributed by atoms with Gasteiger partial charge in [0.25, 0.3) is 0 Å². The minimum absolute atomic E-state index is 0.141. The van der Waals surface area contributed by atoms with E-state index in [1.54, 1.807) is 7.05 Å². The highest BCUT2D eigenvalue weighted by Gasteiger charge is 2.30. The van der Waals surface area contributed by atoms with Crippen LogP contribution < -0.4 is 0 Å². The second-order valence-corrected chi connectivity index (χ2v) is 8.19. The van der Waals surface area contributed by atoms with E-state index in [0.717, 1.165) is 19.5 Å². The fourth-order valence-electron chi connectivity index (χ4n) is 2.44. The van der Waals surface area contributed by atoms with Crippen LogP contribution in [0.25, 0.3) is 0 Å². The molecule has 0 aliphatic carbocycles. The predicted molar refractivity (Wildman–Crippen MR) is 81.4 cm³/mol. The summed E-state index contributed by atoms with van der Waals surface area (Å²) in [5.41, 5.74) is 0. The summed E-state index contributed by atoms with van der Waals surface area (Å²) in [4.78, 5) is 2.35. The molecule has 8 heteroatoms. The van der Waals surface area contributed by atoms with Crippen molar-refractivity contribution in [2.45, 2.75) is 17.2 Å². The standard InChI is InChI=1S/C12H18BrClN2O3S/c1-15-4-3-9(7-15)8-16(2)20(17,18)11-5-10(6-14)19-12(11)13/h5,9H,3-4,6-8H2,1-2H3. The van der Waals surface area contributed by atoms with Gasteiger partial charge in [0.05, 0.1) is 5.88 Å². The first-order valence-electron chi connectivity index (χ1n) is 6.33. The smallest absolute Gasteiger partial charge is 0.247 e. The van der Waals surface area contributed by atoms with Crippen LogP contribution in [0.5, 0.6) is 0 Å². The zero-order chi connectivity index (χ0) is 14.9. The number of sulfonamides is 1. The lowest BCUT2D eigenvalue weighted by atomic mass is 10.1. The molecule has 2 rings (SSSR count). The summed E-state index contributed by atoms with van der Waals surface area (Å²) in [7, 11) is 0.106. The van der Waals surface area contributed by atoms with Crippen LogP contribution in [-0.2, 0) is 15.9 Å². The van der Waals surface area contributed by atoms with Crippen LogP contribution in [0.2, 0.25) is 0 Å². The molecule has 0 saturated carbocycles. The van der Waals surface area contributed by atoms with E-state index in [1.807, 2.05) is 7.05 Å². The fourth-order valence-corrected chi connectivity index (χ4v) is 4.78. The van der Waals surface area contributed by atoms with Gasteiger partial charge in [0.15, 0.2) is 4.67 Å². The Morgan fingerprint density at radius 3 is 2.80 bits per heavy atom.